The van der Waals surface area contributed by atoms with Gasteiger partial charge in [0.25, 0.3) is 5.91 Å². The van der Waals surface area contributed by atoms with Gasteiger partial charge in [-0.2, -0.15) is 5.10 Å². The minimum Gasteiger partial charge on any atom is -0.360 e. The second-order valence-corrected chi connectivity index (χ2v) is 7.83. The molecule has 0 saturated carbocycles. The summed E-state index contributed by atoms with van der Waals surface area (Å²) in [6.07, 6.45) is 4.77. The fourth-order valence-corrected chi connectivity index (χ4v) is 3.85. The summed E-state index contributed by atoms with van der Waals surface area (Å²) in [6.45, 7) is 5.48. The van der Waals surface area contributed by atoms with E-state index >= 15 is 0 Å². The van der Waals surface area contributed by atoms with Gasteiger partial charge in [0.2, 0.25) is 0 Å². The summed E-state index contributed by atoms with van der Waals surface area (Å²) in [5.41, 5.74) is 4.01. The minimum atomic E-state index is -0.0514. The lowest BCUT2D eigenvalue weighted by atomic mass is 9.90. The number of amides is 1. The molecular formula is C22H26N4O2. The van der Waals surface area contributed by atoms with Gasteiger partial charge in [-0.15, -0.1) is 0 Å². The zero-order valence-corrected chi connectivity index (χ0v) is 16.4. The first kappa shape index (κ1) is 18.5. The van der Waals surface area contributed by atoms with E-state index in [2.05, 4.69) is 39.6 Å². The molecule has 1 aliphatic heterocycles. The van der Waals surface area contributed by atoms with Crippen LogP contribution in [0, 0.1) is 0 Å². The molecular weight excluding hydrogens is 352 g/mol. The van der Waals surface area contributed by atoms with E-state index in [4.69, 9.17) is 4.52 Å². The van der Waals surface area contributed by atoms with E-state index in [1.54, 1.807) is 6.07 Å². The van der Waals surface area contributed by atoms with Crippen LogP contribution >= 0.6 is 0 Å². The van der Waals surface area contributed by atoms with Crippen LogP contribution in [-0.2, 0) is 6.42 Å². The highest BCUT2D eigenvalue weighted by molar-refractivity contribution is 5.92. The molecule has 0 aliphatic carbocycles. The highest BCUT2D eigenvalue weighted by Crippen LogP contribution is 2.30. The summed E-state index contributed by atoms with van der Waals surface area (Å²) in [5, 5.41) is 11.5. The summed E-state index contributed by atoms with van der Waals surface area (Å²) in [6, 6.07) is 12.2. The van der Waals surface area contributed by atoms with Crippen molar-refractivity contribution < 1.29 is 9.32 Å². The third-order valence-corrected chi connectivity index (χ3v) is 5.42. The van der Waals surface area contributed by atoms with Gasteiger partial charge >= 0.3 is 0 Å². The molecule has 0 spiro atoms. The maximum atomic E-state index is 12.9. The van der Waals surface area contributed by atoms with Gasteiger partial charge in [-0.05, 0) is 24.0 Å². The lowest BCUT2D eigenvalue weighted by molar-refractivity contribution is 0.0695. The van der Waals surface area contributed by atoms with Crippen LogP contribution < -0.4 is 0 Å². The van der Waals surface area contributed by atoms with Crippen LogP contribution in [0.4, 0.5) is 0 Å². The molecule has 1 aromatic carbocycles. The van der Waals surface area contributed by atoms with Gasteiger partial charge in [-0.1, -0.05) is 49.3 Å². The maximum Gasteiger partial charge on any atom is 0.276 e. The summed E-state index contributed by atoms with van der Waals surface area (Å²) >= 11 is 0. The van der Waals surface area contributed by atoms with Gasteiger partial charge in [0.1, 0.15) is 5.76 Å². The Kier molecular flexibility index (Phi) is 5.28. The van der Waals surface area contributed by atoms with E-state index < -0.39 is 0 Å². The first-order chi connectivity index (χ1) is 13.6. The Morgan fingerprint density at radius 2 is 2.14 bits per heavy atom. The van der Waals surface area contributed by atoms with E-state index in [0.29, 0.717) is 12.2 Å². The molecule has 0 bridgehead atoms. The molecule has 1 atom stereocenters. The Labute approximate surface area is 164 Å². The van der Waals surface area contributed by atoms with Crippen molar-refractivity contribution in [3.8, 4) is 0 Å². The molecule has 1 saturated heterocycles. The van der Waals surface area contributed by atoms with Crippen molar-refractivity contribution >= 4 is 5.91 Å². The molecule has 1 N–H and O–H groups in total. The third kappa shape index (κ3) is 3.86. The number of H-pyrrole nitrogens is 1. The fraction of sp³-hybridized carbons (Fsp3) is 0.409. The van der Waals surface area contributed by atoms with E-state index in [9.17, 15) is 4.79 Å². The standard InChI is InChI=1S/C22H26N4O2/c1-15(2)20-12-19(25-28-20)22(27)26-10-6-9-17(14-26)21-18(13-23-24-21)11-16-7-4-3-5-8-16/h3-5,7-8,12-13,15,17H,6,9-11,14H2,1-2H3,(H,23,24)/t17-/m0/s1. The van der Waals surface area contributed by atoms with Gasteiger partial charge < -0.3 is 9.42 Å². The number of nitrogens with one attached hydrogen (secondary N) is 1. The van der Waals surface area contributed by atoms with Crippen molar-refractivity contribution in [2.75, 3.05) is 13.1 Å². The highest BCUT2D eigenvalue weighted by atomic mass is 16.5. The predicted molar refractivity (Wildman–Crippen MR) is 106 cm³/mol. The average Bonchev–Trinajstić information content (AvgIpc) is 3.38. The summed E-state index contributed by atoms with van der Waals surface area (Å²) in [4.78, 5) is 14.8. The predicted octanol–water partition coefficient (Wildman–Crippen LogP) is 4.13. The average molecular weight is 378 g/mol. The summed E-state index contributed by atoms with van der Waals surface area (Å²) in [5.74, 6) is 1.17. The van der Waals surface area contributed by atoms with Crippen molar-refractivity contribution in [2.24, 2.45) is 0 Å². The zero-order valence-electron chi connectivity index (χ0n) is 16.4. The molecule has 1 amide bonds. The van der Waals surface area contributed by atoms with Crippen LogP contribution in [0.3, 0.4) is 0 Å². The van der Waals surface area contributed by atoms with Crippen LogP contribution in [-0.4, -0.2) is 39.3 Å². The Morgan fingerprint density at radius 1 is 1.32 bits per heavy atom. The molecule has 0 radical (unpaired) electrons. The Morgan fingerprint density at radius 3 is 2.89 bits per heavy atom. The minimum absolute atomic E-state index is 0.0514. The normalized spacial score (nSPS) is 17.2. The molecule has 146 valence electrons. The maximum absolute atomic E-state index is 12.9. The number of rotatable bonds is 5. The van der Waals surface area contributed by atoms with E-state index in [0.717, 1.165) is 37.3 Å². The molecule has 4 rings (SSSR count). The largest absolute Gasteiger partial charge is 0.360 e. The molecule has 3 aromatic rings. The summed E-state index contributed by atoms with van der Waals surface area (Å²) < 4.78 is 5.31. The van der Waals surface area contributed by atoms with Crippen LogP contribution in [0.25, 0.3) is 0 Å². The molecule has 6 heteroatoms. The summed E-state index contributed by atoms with van der Waals surface area (Å²) in [7, 11) is 0. The molecule has 2 aromatic heterocycles. The number of carbonyl (C=O) groups is 1. The first-order valence-corrected chi connectivity index (χ1v) is 9.93. The van der Waals surface area contributed by atoms with E-state index in [1.807, 2.05) is 31.0 Å². The molecule has 0 unspecified atom stereocenters. The SMILES string of the molecule is CC(C)c1cc(C(=O)N2CCC[C@H](c3[nH]ncc3Cc3ccccc3)C2)no1. The van der Waals surface area contributed by atoms with Crippen LogP contribution in [0.1, 0.15) is 71.6 Å². The van der Waals surface area contributed by atoms with Crippen LogP contribution in [0.5, 0.6) is 0 Å². The smallest absolute Gasteiger partial charge is 0.276 e. The number of benzene rings is 1. The van der Waals surface area contributed by atoms with Gasteiger partial charge in [-0.25, -0.2) is 0 Å². The number of hydrogen-bond acceptors (Lipinski definition) is 4. The second kappa shape index (κ2) is 8.00. The Bertz CT molecular complexity index is 929. The van der Waals surface area contributed by atoms with E-state index in [-0.39, 0.29) is 17.7 Å². The Hall–Kier alpha value is -2.89. The van der Waals surface area contributed by atoms with Crippen molar-refractivity contribution in [2.45, 2.75) is 44.9 Å². The van der Waals surface area contributed by atoms with Gasteiger partial charge in [0.05, 0.1) is 6.20 Å². The quantitative estimate of drug-likeness (QED) is 0.724. The topological polar surface area (TPSA) is 75.0 Å². The van der Waals surface area contributed by atoms with Gasteiger partial charge in [-0.3, -0.25) is 9.89 Å². The third-order valence-electron chi connectivity index (χ3n) is 5.42. The lowest BCUT2D eigenvalue weighted by Crippen LogP contribution is -2.39. The monoisotopic (exact) mass is 378 g/mol. The molecule has 3 heterocycles. The lowest BCUT2D eigenvalue weighted by Gasteiger charge is -2.32. The first-order valence-electron chi connectivity index (χ1n) is 9.93. The van der Waals surface area contributed by atoms with Crippen LogP contribution in [0.15, 0.2) is 47.1 Å². The van der Waals surface area contributed by atoms with Crippen molar-refractivity contribution in [3.05, 3.63) is 70.9 Å². The van der Waals surface area contributed by atoms with Crippen molar-refractivity contribution in [3.63, 3.8) is 0 Å². The van der Waals surface area contributed by atoms with E-state index in [1.165, 1.54) is 11.1 Å². The molecule has 1 aliphatic rings. The number of piperidine rings is 1. The number of hydrogen-bond donors (Lipinski definition) is 1. The Balaban J connectivity index is 1.48. The number of likely N-dealkylation sites (tertiary alicyclic amines) is 1. The molecule has 6 nitrogen and oxygen atoms in total. The fourth-order valence-electron chi connectivity index (χ4n) is 3.85. The highest BCUT2D eigenvalue weighted by Gasteiger charge is 2.29. The van der Waals surface area contributed by atoms with Crippen molar-refractivity contribution in [1.82, 2.24) is 20.3 Å². The number of aromatic nitrogens is 3. The van der Waals surface area contributed by atoms with Gasteiger partial charge in [0.15, 0.2) is 5.69 Å². The van der Waals surface area contributed by atoms with Crippen molar-refractivity contribution in [1.29, 1.82) is 0 Å². The number of nitrogens with zero attached hydrogens (tertiary/aromatic N) is 3. The molecule has 1 fully saturated rings. The second-order valence-electron chi connectivity index (χ2n) is 7.83. The van der Waals surface area contributed by atoms with Gasteiger partial charge in [0, 0.05) is 43.1 Å². The van der Waals surface area contributed by atoms with Crippen LogP contribution in [0.2, 0.25) is 0 Å². The molecule has 28 heavy (non-hydrogen) atoms. The number of carbonyl (C=O) groups excluding carboxylic acids is 1. The number of aromatic amines is 1. The zero-order chi connectivity index (χ0) is 19.5.